The number of nitrogens with two attached hydrogens (primary N) is 1. The molecule has 2 unspecified atom stereocenters. The molecule has 0 aromatic rings. The van der Waals surface area contributed by atoms with E-state index in [9.17, 15) is 0 Å². The van der Waals surface area contributed by atoms with Gasteiger partial charge in [-0.2, -0.15) is 0 Å². The standard InChI is InChI=1S/C15H31NO2/c1-15(2,12-16)9-4-5-10-18-14-8-6-7-13(11-14)17-3/h13-14H,4-12,16H2,1-3H3. The van der Waals surface area contributed by atoms with Gasteiger partial charge in [0.15, 0.2) is 0 Å². The van der Waals surface area contributed by atoms with Gasteiger partial charge in [0, 0.05) is 13.7 Å². The Hall–Kier alpha value is -0.120. The molecule has 108 valence electrons. The minimum atomic E-state index is 0.284. The van der Waals surface area contributed by atoms with Crippen molar-refractivity contribution >= 4 is 0 Å². The van der Waals surface area contributed by atoms with Crippen LogP contribution in [0.3, 0.4) is 0 Å². The molecule has 0 heterocycles. The fourth-order valence-electron chi connectivity index (χ4n) is 2.53. The third kappa shape index (κ3) is 6.17. The van der Waals surface area contributed by atoms with E-state index < -0.39 is 0 Å². The first-order valence-electron chi connectivity index (χ1n) is 7.42. The van der Waals surface area contributed by atoms with Crippen LogP contribution < -0.4 is 5.73 Å². The van der Waals surface area contributed by atoms with E-state index in [4.69, 9.17) is 15.2 Å². The summed E-state index contributed by atoms with van der Waals surface area (Å²) in [6.45, 7) is 6.13. The Morgan fingerprint density at radius 1 is 1.17 bits per heavy atom. The maximum atomic E-state index is 5.95. The lowest BCUT2D eigenvalue weighted by molar-refractivity contribution is -0.0306. The van der Waals surface area contributed by atoms with Gasteiger partial charge < -0.3 is 15.2 Å². The van der Waals surface area contributed by atoms with Gasteiger partial charge in [0.05, 0.1) is 12.2 Å². The molecule has 0 radical (unpaired) electrons. The third-order valence-corrected chi connectivity index (χ3v) is 4.07. The van der Waals surface area contributed by atoms with E-state index >= 15 is 0 Å². The molecule has 0 spiro atoms. The zero-order valence-corrected chi connectivity index (χ0v) is 12.4. The molecule has 1 fully saturated rings. The van der Waals surface area contributed by atoms with Gasteiger partial charge in [-0.05, 0) is 50.5 Å². The first-order valence-corrected chi connectivity index (χ1v) is 7.42. The lowest BCUT2D eigenvalue weighted by Crippen LogP contribution is -2.28. The molecule has 1 rings (SSSR count). The quantitative estimate of drug-likeness (QED) is 0.679. The van der Waals surface area contributed by atoms with Crippen LogP contribution >= 0.6 is 0 Å². The van der Waals surface area contributed by atoms with Crippen LogP contribution in [0.25, 0.3) is 0 Å². The first kappa shape index (κ1) is 15.9. The van der Waals surface area contributed by atoms with Gasteiger partial charge >= 0.3 is 0 Å². The zero-order valence-electron chi connectivity index (χ0n) is 12.4. The minimum absolute atomic E-state index is 0.284. The van der Waals surface area contributed by atoms with E-state index in [0.717, 1.165) is 26.0 Å². The van der Waals surface area contributed by atoms with Gasteiger partial charge in [-0.3, -0.25) is 0 Å². The van der Waals surface area contributed by atoms with Crippen molar-refractivity contribution in [3.8, 4) is 0 Å². The highest BCUT2D eigenvalue weighted by atomic mass is 16.5. The SMILES string of the molecule is COC1CCCC(OCCCCC(C)(C)CN)C1. The fraction of sp³-hybridized carbons (Fsp3) is 1.00. The summed E-state index contributed by atoms with van der Waals surface area (Å²) in [5.41, 5.74) is 6.01. The summed E-state index contributed by atoms with van der Waals surface area (Å²) < 4.78 is 11.4. The molecule has 3 heteroatoms. The average Bonchev–Trinajstić information content (AvgIpc) is 2.38. The van der Waals surface area contributed by atoms with Crippen LogP contribution in [-0.4, -0.2) is 32.5 Å². The molecule has 0 bridgehead atoms. The Labute approximate surface area is 112 Å². The Morgan fingerprint density at radius 2 is 1.89 bits per heavy atom. The second kappa shape index (κ2) is 8.13. The summed E-state index contributed by atoms with van der Waals surface area (Å²) in [7, 11) is 1.81. The number of hydrogen-bond donors (Lipinski definition) is 1. The summed E-state index contributed by atoms with van der Waals surface area (Å²) in [4.78, 5) is 0. The number of unbranched alkanes of at least 4 members (excludes halogenated alkanes) is 1. The average molecular weight is 257 g/mol. The monoisotopic (exact) mass is 257 g/mol. The molecule has 1 aliphatic rings. The number of rotatable bonds is 8. The molecule has 1 aliphatic carbocycles. The van der Waals surface area contributed by atoms with Crippen LogP contribution in [0.4, 0.5) is 0 Å². The van der Waals surface area contributed by atoms with Crippen molar-refractivity contribution in [1.29, 1.82) is 0 Å². The number of ether oxygens (including phenoxy) is 2. The van der Waals surface area contributed by atoms with Crippen LogP contribution in [0.2, 0.25) is 0 Å². The van der Waals surface area contributed by atoms with Crippen LogP contribution in [0.5, 0.6) is 0 Å². The Morgan fingerprint density at radius 3 is 2.56 bits per heavy atom. The molecular formula is C15H31NO2. The Kier molecular flexibility index (Phi) is 7.20. The lowest BCUT2D eigenvalue weighted by atomic mass is 9.87. The smallest absolute Gasteiger partial charge is 0.0599 e. The lowest BCUT2D eigenvalue weighted by Gasteiger charge is -2.28. The zero-order chi connectivity index (χ0) is 13.4. The fourth-order valence-corrected chi connectivity index (χ4v) is 2.53. The summed E-state index contributed by atoms with van der Waals surface area (Å²) in [6.07, 6.45) is 9.11. The van der Waals surface area contributed by atoms with Gasteiger partial charge in [0.1, 0.15) is 0 Å². The van der Waals surface area contributed by atoms with Gasteiger partial charge in [-0.1, -0.05) is 20.3 Å². The van der Waals surface area contributed by atoms with Crippen molar-refractivity contribution in [2.24, 2.45) is 11.1 Å². The van der Waals surface area contributed by atoms with E-state index in [0.29, 0.717) is 12.2 Å². The second-order valence-corrected chi connectivity index (χ2v) is 6.34. The van der Waals surface area contributed by atoms with Gasteiger partial charge in [0.2, 0.25) is 0 Å². The molecule has 0 aromatic heterocycles. The maximum absolute atomic E-state index is 5.95. The molecule has 0 aliphatic heterocycles. The normalized spacial score (nSPS) is 25.3. The van der Waals surface area contributed by atoms with Gasteiger partial charge in [-0.15, -0.1) is 0 Å². The summed E-state index contributed by atoms with van der Waals surface area (Å²) in [5, 5.41) is 0. The van der Waals surface area contributed by atoms with E-state index in [1.165, 1.54) is 32.1 Å². The second-order valence-electron chi connectivity index (χ2n) is 6.34. The van der Waals surface area contributed by atoms with Crippen molar-refractivity contribution in [2.75, 3.05) is 20.3 Å². The summed E-state index contributed by atoms with van der Waals surface area (Å²) >= 11 is 0. The van der Waals surface area contributed by atoms with E-state index in [2.05, 4.69) is 13.8 Å². The van der Waals surface area contributed by atoms with E-state index in [-0.39, 0.29) is 5.41 Å². The minimum Gasteiger partial charge on any atom is -0.381 e. The van der Waals surface area contributed by atoms with Crippen molar-refractivity contribution in [2.45, 2.75) is 71.0 Å². The molecule has 2 atom stereocenters. The largest absolute Gasteiger partial charge is 0.381 e. The highest BCUT2D eigenvalue weighted by molar-refractivity contribution is 4.73. The van der Waals surface area contributed by atoms with Gasteiger partial charge in [0.25, 0.3) is 0 Å². The number of hydrogen-bond acceptors (Lipinski definition) is 3. The van der Waals surface area contributed by atoms with Crippen molar-refractivity contribution in [1.82, 2.24) is 0 Å². The molecule has 0 saturated heterocycles. The number of methoxy groups -OCH3 is 1. The van der Waals surface area contributed by atoms with E-state index in [1.807, 2.05) is 7.11 Å². The Balaban J connectivity index is 2.04. The highest BCUT2D eigenvalue weighted by Gasteiger charge is 2.22. The van der Waals surface area contributed by atoms with Crippen LogP contribution in [0.15, 0.2) is 0 Å². The van der Waals surface area contributed by atoms with Crippen molar-refractivity contribution in [3.63, 3.8) is 0 Å². The van der Waals surface area contributed by atoms with Gasteiger partial charge in [-0.25, -0.2) is 0 Å². The van der Waals surface area contributed by atoms with E-state index in [1.54, 1.807) is 0 Å². The van der Waals surface area contributed by atoms with Crippen LogP contribution in [0, 0.1) is 5.41 Å². The van der Waals surface area contributed by atoms with Crippen LogP contribution in [0.1, 0.15) is 58.8 Å². The predicted molar refractivity (Wildman–Crippen MR) is 75.7 cm³/mol. The summed E-state index contributed by atoms with van der Waals surface area (Å²) in [6, 6.07) is 0. The van der Waals surface area contributed by atoms with Crippen molar-refractivity contribution in [3.05, 3.63) is 0 Å². The molecule has 0 amide bonds. The molecule has 2 N–H and O–H groups in total. The van der Waals surface area contributed by atoms with Crippen LogP contribution in [-0.2, 0) is 9.47 Å². The summed E-state index contributed by atoms with van der Waals surface area (Å²) in [5.74, 6) is 0. The molecule has 0 aromatic carbocycles. The predicted octanol–water partition coefficient (Wildman–Crippen LogP) is 3.12. The van der Waals surface area contributed by atoms with Crippen molar-refractivity contribution < 1.29 is 9.47 Å². The molecular weight excluding hydrogens is 226 g/mol. The Bertz CT molecular complexity index is 219. The maximum Gasteiger partial charge on any atom is 0.0599 e. The third-order valence-electron chi connectivity index (χ3n) is 4.07. The molecule has 3 nitrogen and oxygen atoms in total. The topological polar surface area (TPSA) is 44.5 Å². The molecule has 18 heavy (non-hydrogen) atoms. The first-order chi connectivity index (χ1) is 8.57. The highest BCUT2D eigenvalue weighted by Crippen LogP contribution is 2.24. The molecule has 1 saturated carbocycles.